The molecular weight excluding hydrogens is 777 g/mol. The first-order valence-electron chi connectivity index (χ1n) is 27.3. The minimum Gasteiger partial charge on any atom is -0.462 e. The van der Waals surface area contributed by atoms with E-state index in [1.54, 1.807) is 0 Å². The van der Waals surface area contributed by atoms with Gasteiger partial charge in [0, 0.05) is 12.8 Å². The van der Waals surface area contributed by atoms with Crippen LogP contribution in [0.15, 0.2) is 60.8 Å². The molecule has 1 N–H and O–H groups in total. The number of aliphatic hydroxyl groups is 1. The van der Waals surface area contributed by atoms with Crippen molar-refractivity contribution in [2.75, 3.05) is 13.2 Å². The smallest absolute Gasteiger partial charge is 0.306 e. The fraction of sp³-hybridized carbons (Fsp3) is 0.793. The first kappa shape index (κ1) is 60.6. The molecule has 5 heteroatoms. The van der Waals surface area contributed by atoms with Gasteiger partial charge in [-0.2, -0.15) is 0 Å². The van der Waals surface area contributed by atoms with Gasteiger partial charge in [-0.15, -0.1) is 0 Å². The average molecular weight is 881 g/mol. The van der Waals surface area contributed by atoms with Crippen molar-refractivity contribution < 1.29 is 24.2 Å². The van der Waals surface area contributed by atoms with Crippen LogP contribution in [0.4, 0.5) is 0 Å². The number of aliphatic hydroxyl groups excluding tert-OH is 1. The van der Waals surface area contributed by atoms with Crippen LogP contribution in [0.2, 0.25) is 0 Å². The molecule has 0 aliphatic heterocycles. The number of rotatable bonds is 50. The van der Waals surface area contributed by atoms with Crippen LogP contribution in [-0.4, -0.2) is 36.4 Å². The normalized spacial score (nSPS) is 12.6. The van der Waals surface area contributed by atoms with Crippen LogP contribution < -0.4 is 0 Å². The van der Waals surface area contributed by atoms with E-state index in [-0.39, 0.29) is 25.2 Å². The Kier molecular flexibility index (Phi) is 51.9. The molecule has 0 aromatic rings. The third-order valence-corrected chi connectivity index (χ3v) is 12.0. The number of esters is 2. The molecular formula is C58H104O5. The minimum absolute atomic E-state index is 0.0674. The molecule has 1 unspecified atom stereocenters. The lowest BCUT2D eigenvalue weighted by molar-refractivity contribution is -0.161. The van der Waals surface area contributed by atoms with E-state index in [2.05, 4.69) is 74.6 Å². The van der Waals surface area contributed by atoms with Gasteiger partial charge in [0.25, 0.3) is 0 Å². The predicted molar refractivity (Wildman–Crippen MR) is 274 cm³/mol. The molecule has 0 aliphatic carbocycles. The van der Waals surface area contributed by atoms with Gasteiger partial charge >= 0.3 is 11.9 Å². The van der Waals surface area contributed by atoms with E-state index in [9.17, 15) is 14.7 Å². The van der Waals surface area contributed by atoms with Crippen molar-refractivity contribution in [3.05, 3.63) is 60.8 Å². The topological polar surface area (TPSA) is 72.8 Å². The largest absolute Gasteiger partial charge is 0.462 e. The summed E-state index contributed by atoms with van der Waals surface area (Å²) in [5.74, 6) is -0.594. The summed E-state index contributed by atoms with van der Waals surface area (Å²) in [5, 5.41) is 9.58. The Morgan fingerprint density at radius 1 is 0.381 bits per heavy atom. The third kappa shape index (κ3) is 52.1. The highest BCUT2D eigenvalue weighted by molar-refractivity contribution is 5.70. The molecule has 0 saturated heterocycles. The molecule has 1 atom stereocenters. The molecule has 0 radical (unpaired) electrons. The van der Waals surface area contributed by atoms with Gasteiger partial charge in [0.2, 0.25) is 0 Å². The van der Waals surface area contributed by atoms with Crippen molar-refractivity contribution in [3.63, 3.8) is 0 Å². The SMILES string of the molecule is CC/C=C\C/C=C\C/C=C\C/C=C\CCCCCCCCCCCCCCCCCCCCCCCCCCCCC(=O)OC(CO)COC(=O)CCCCCCC/C=C\CCC. The van der Waals surface area contributed by atoms with Gasteiger partial charge in [0.1, 0.15) is 6.61 Å². The van der Waals surface area contributed by atoms with Crippen molar-refractivity contribution in [2.24, 2.45) is 0 Å². The summed E-state index contributed by atoms with van der Waals surface area (Å²) in [5.41, 5.74) is 0. The molecule has 0 rings (SSSR count). The van der Waals surface area contributed by atoms with Gasteiger partial charge in [-0.05, 0) is 70.6 Å². The van der Waals surface area contributed by atoms with Gasteiger partial charge < -0.3 is 14.6 Å². The van der Waals surface area contributed by atoms with E-state index in [1.807, 2.05) is 0 Å². The highest BCUT2D eigenvalue weighted by Gasteiger charge is 2.16. The molecule has 366 valence electrons. The summed E-state index contributed by atoms with van der Waals surface area (Å²) in [6, 6.07) is 0. The van der Waals surface area contributed by atoms with E-state index < -0.39 is 6.10 Å². The summed E-state index contributed by atoms with van der Waals surface area (Å²) < 4.78 is 10.6. The average Bonchev–Trinajstić information content (AvgIpc) is 3.29. The number of hydrogen-bond donors (Lipinski definition) is 1. The second-order valence-corrected chi connectivity index (χ2v) is 18.3. The van der Waals surface area contributed by atoms with Crippen molar-refractivity contribution in [1.29, 1.82) is 0 Å². The van der Waals surface area contributed by atoms with Crippen LogP contribution in [-0.2, 0) is 19.1 Å². The van der Waals surface area contributed by atoms with Gasteiger partial charge in [-0.25, -0.2) is 0 Å². The quantitative estimate of drug-likeness (QED) is 0.0374. The molecule has 63 heavy (non-hydrogen) atoms. The van der Waals surface area contributed by atoms with Crippen molar-refractivity contribution in [2.45, 2.75) is 283 Å². The van der Waals surface area contributed by atoms with Gasteiger partial charge in [0.15, 0.2) is 6.10 Å². The van der Waals surface area contributed by atoms with Crippen LogP contribution in [0.3, 0.4) is 0 Å². The summed E-state index contributed by atoms with van der Waals surface area (Å²) >= 11 is 0. The van der Waals surface area contributed by atoms with Crippen molar-refractivity contribution in [1.82, 2.24) is 0 Å². The number of hydrogen-bond acceptors (Lipinski definition) is 5. The van der Waals surface area contributed by atoms with Crippen molar-refractivity contribution in [3.8, 4) is 0 Å². The summed E-state index contributed by atoms with van der Waals surface area (Å²) in [7, 11) is 0. The molecule has 0 bridgehead atoms. The number of unbranched alkanes of at least 4 members (excludes halogenated alkanes) is 32. The Hall–Kier alpha value is -2.40. The molecule has 5 nitrogen and oxygen atoms in total. The maximum absolute atomic E-state index is 12.2. The van der Waals surface area contributed by atoms with Gasteiger partial charge in [0.05, 0.1) is 6.61 Å². The molecule has 0 spiro atoms. The zero-order chi connectivity index (χ0) is 45.6. The van der Waals surface area contributed by atoms with E-state index in [0.717, 1.165) is 77.0 Å². The first-order valence-corrected chi connectivity index (χ1v) is 27.3. The van der Waals surface area contributed by atoms with Crippen LogP contribution in [0.25, 0.3) is 0 Å². The monoisotopic (exact) mass is 881 g/mol. The highest BCUT2D eigenvalue weighted by Crippen LogP contribution is 2.17. The fourth-order valence-electron chi connectivity index (χ4n) is 7.96. The van der Waals surface area contributed by atoms with E-state index in [1.165, 1.54) is 173 Å². The predicted octanol–water partition coefficient (Wildman–Crippen LogP) is 18.2. The molecule has 0 fully saturated rings. The standard InChI is InChI=1S/C58H104O5/c1-3-5-7-9-11-13-15-16-17-18-19-20-21-22-23-24-25-26-27-28-29-30-31-32-33-34-35-36-37-38-39-40-41-42-43-45-47-49-51-53-58(61)63-56(54-59)55-62-57(60)52-50-48-46-44-14-12-10-8-6-4-2/h5,7-8,10-11,13,16-17,19-20,56,59H,3-4,6,9,12,14-15,18,21-55H2,1-2H3/b7-5-,10-8-,13-11-,17-16-,20-19-. The Morgan fingerprint density at radius 3 is 1.05 bits per heavy atom. The number of carbonyl (C=O) groups excluding carboxylic acids is 2. The van der Waals surface area contributed by atoms with Crippen LogP contribution >= 0.6 is 0 Å². The molecule has 0 amide bonds. The van der Waals surface area contributed by atoms with E-state index >= 15 is 0 Å². The number of carbonyl (C=O) groups is 2. The second kappa shape index (κ2) is 53.9. The van der Waals surface area contributed by atoms with E-state index in [0.29, 0.717) is 12.8 Å². The zero-order valence-corrected chi connectivity index (χ0v) is 41.8. The summed E-state index contributed by atoms with van der Waals surface area (Å²) in [6.45, 7) is 3.97. The van der Waals surface area contributed by atoms with Crippen molar-refractivity contribution >= 4 is 11.9 Å². The summed E-state index contributed by atoms with van der Waals surface area (Å²) in [6.07, 6.45) is 72.3. The molecule has 0 aromatic heterocycles. The number of allylic oxidation sites excluding steroid dienone is 10. The molecule has 0 aromatic carbocycles. The highest BCUT2D eigenvalue weighted by atomic mass is 16.6. The minimum atomic E-state index is -0.772. The Bertz CT molecular complexity index is 1090. The lowest BCUT2D eigenvalue weighted by Crippen LogP contribution is -2.28. The maximum atomic E-state index is 12.2. The Morgan fingerprint density at radius 2 is 0.683 bits per heavy atom. The lowest BCUT2D eigenvalue weighted by atomic mass is 10.0. The number of ether oxygens (including phenoxy) is 2. The second-order valence-electron chi connectivity index (χ2n) is 18.3. The van der Waals surface area contributed by atoms with Gasteiger partial charge in [-0.1, -0.05) is 254 Å². The Balaban J connectivity index is 3.36. The zero-order valence-electron chi connectivity index (χ0n) is 41.8. The molecule has 0 saturated carbocycles. The van der Waals surface area contributed by atoms with Crippen LogP contribution in [0.5, 0.6) is 0 Å². The first-order chi connectivity index (χ1) is 31.1. The molecule has 0 heterocycles. The Labute approximate surface area is 391 Å². The maximum Gasteiger partial charge on any atom is 0.306 e. The van der Waals surface area contributed by atoms with Crippen LogP contribution in [0, 0.1) is 0 Å². The lowest BCUT2D eigenvalue weighted by Gasteiger charge is -2.15. The third-order valence-electron chi connectivity index (χ3n) is 12.0. The fourth-order valence-corrected chi connectivity index (χ4v) is 7.96. The van der Waals surface area contributed by atoms with Gasteiger partial charge in [-0.3, -0.25) is 9.59 Å². The van der Waals surface area contributed by atoms with Crippen LogP contribution in [0.1, 0.15) is 277 Å². The molecule has 0 aliphatic rings. The summed E-state index contributed by atoms with van der Waals surface area (Å²) in [4.78, 5) is 24.3. The van der Waals surface area contributed by atoms with E-state index in [4.69, 9.17) is 9.47 Å².